The average Bonchev–Trinajstić information content (AvgIpc) is 2.68. The van der Waals surface area contributed by atoms with Gasteiger partial charge in [-0.05, 0) is 36.8 Å². The molecule has 0 radical (unpaired) electrons. The molecule has 0 saturated carbocycles. The fourth-order valence-corrected chi connectivity index (χ4v) is 2.20. The van der Waals surface area contributed by atoms with Crippen LogP contribution in [0.4, 0.5) is 0 Å². The van der Waals surface area contributed by atoms with Gasteiger partial charge >= 0.3 is 0 Å². The van der Waals surface area contributed by atoms with E-state index in [2.05, 4.69) is 29.6 Å². The molecule has 1 atom stereocenters. The number of amides is 1. The van der Waals surface area contributed by atoms with Crippen molar-refractivity contribution in [3.8, 4) is 0 Å². The molecule has 3 nitrogen and oxygen atoms in total. The number of nitrogens with one attached hydrogen (secondary N) is 1. The summed E-state index contributed by atoms with van der Waals surface area (Å²) in [5.74, 6) is 0.469. The Bertz CT molecular complexity index is 362. The minimum Gasteiger partial charge on any atom is -0.354 e. The maximum absolute atomic E-state index is 11.3. The summed E-state index contributed by atoms with van der Waals surface area (Å²) in [4.78, 5) is 11.3. The molecule has 16 heavy (non-hydrogen) atoms. The Labute approximate surface area is 96.0 Å². The summed E-state index contributed by atoms with van der Waals surface area (Å²) in [7, 11) is 0. The van der Waals surface area contributed by atoms with Crippen LogP contribution in [-0.4, -0.2) is 18.5 Å². The van der Waals surface area contributed by atoms with E-state index in [1.807, 2.05) is 0 Å². The molecule has 86 valence electrons. The van der Waals surface area contributed by atoms with E-state index >= 15 is 0 Å². The van der Waals surface area contributed by atoms with Crippen molar-refractivity contribution < 1.29 is 4.79 Å². The molecule has 0 aromatic heterocycles. The molecule has 1 aromatic carbocycles. The molecular weight excluding hydrogens is 200 g/mol. The van der Waals surface area contributed by atoms with Gasteiger partial charge in [-0.1, -0.05) is 24.3 Å². The second-order valence-corrected chi connectivity index (χ2v) is 4.58. The van der Waals surface area contributed by atoms with Gasteiger partial charge in [0.15, 0.2) is 0 Å². The molecule has 1 unspecified atom stereocenters. The number of nitrogens with two attached hydrogens (primary N) is 1. The average molecular weight is 218 g/mol. The molecule has 0 heterocycles. The second kappa shape index (κ2) is 4.66. The van der Waals surface area contributed by atoms with Gasteiger partial charge in [-0.25, -0.2) is 0 Å². The van der Waals surface area contributed by atoms with Gasteiger partial charge in [0.1, 0.15) is 0 Å². The zero-order chi connectivity index (χ0) is 11.5. The van der Waals surface area contributed by atoms with Gasteiger partial charge < -0.3 is 11.1 Å². The SMILES string of the molecule is CC(N)C(=O)NCC1Cc2ccccc2C1. The number of carbonyl (C=O) groups excluding carboxylic acids is 1. The Morgan fingerprint density at radius 1 is 1.44 bits per heavy atom. The third-order valence-corrected chi connectivity index (χ3v) is 3.11. The fourth-order valence-electron chi connectivity index (χ4n) is 2.20. The first-order valence-electron chi connectivity index (χ1n) is 5.77. The molecule has 0 fully saturated rings. The lowest BCUT2D eigenvalue weighted by Gasteiger charge is -2.12. The maximum Gasteiger partial charge on any atom is 0.236 e. The molecule has 2 rings (SSSR count). The molecule has 0 aliphatic heterocycles. The summed E-state index contributed by atoms with van der Waals surface area (Å²) in [5.41, 5.74) is 8.33. The number of benzene rings is 1. The predicted molar refractivity (Wildman–Crippen MR) is 64.0 cm³/mol. The molecule has 0 spiro atoms. The highest BCUT2D eigenvalue weighted by Crippen LogP contribution is 2.25. The van der Waals surface area contributed by atoms with Gasteiger partial charge in [0.2, 0.25) is 5.91 Å². The van der Waals surface area contributed by atoms with Gasteiger partial charge in [0.05, 0.1) is 6.04 Å². The van der Waals surface area contributed by atoms with Crippen molar-refractivity contribution in [1.82, 2.24) is 5.32 Å². The monoisotopic (exact) mass is 218 g/mol. The Morgan fingerprint density at radius 2 is 2.00 bits per heavy atom. The van der Waals surface area contributed by atoms with Crippen LogP contribution in [0.1, 0.15) is 18.1 Å². The summed E-state index contributed by atoms with van der Waals surface area (Å²) in [6, 6.07) is 8.07. The van der Waals surface area contributed by atoms with E-state index in [0.29, 0.717) is 5.92 Å². The Kier molecular flexibility index (Phi) is 3.25. The van der Waals surface area contributed by atoms with E-state index in [9.17, 15) is 4.79 Å². The van der Waals surface area contributed by atoms with E-state index in [0.717, 1.165) is 19.4 Å². The molecule has 0 bridgehead atoms. The van der Waals surface area contributed by atoms with E-state index in [4.69, 9.17) is 5.73 Å². The van der Waals surface area contributed by atoms with Crippen molar-refractivity contribution in [3.05, 3.63) is 35.4 Å². The lowest BCUT2D eigenvalue weighted by atomic mass is 10.1. The van der Waals surface area contributed by atoms with Gasteiger partial charge in [0.25, 0.3) is 0 Å². The molecule has 3 N–H and O–H groups in total. The minimum atomic E-state index is -0.413. The molecule has 1 aliphatic rings. The van der Waals surface area contributed by atoms with Gasteiger partial charge in [0, 0.05) is 6.54 Å². The molecular formula is C13H18N2O. The first kappa shape index (κ1) is 11.1. The van der Waals surface area contributed by atoms with Crippen LogP contribution < -0.4 is 11.1 Å². The number of fused-ring (bicyclic) bond motifs is 1. The van der Waals surface area contributed by atoms with E-state index in [1.165, 1.54) is 11.1 Å². The number of carbonyl (C=O) groups is 1. The first-order chi connectivity index (χ1) is 7.66. The number of rotatable bonds is 3. The molecule has 1 aliphatic carbocycles. The fraction of sp³-hybridized carbons (Fsp3) is 0.462. The quantitative estimate of drug-likeness (QED) is 0.790. The van der Waals surface area contributed by atoms with Crippen LogP contribution in [0, 0.1) is 5.92 Å². The second-order valence-electron chi connectivity index (χ2n) is 4.58. The van der Waals surface area contributed by atoms with Crippen LogP contribution in [0.5, 0.6) is 0 Å². The third-order valence-electron chi connectivity index (χ3n) is 3.11. The standard InChI is InChI=1S/C13H18N2O/c1-9(14)13(16)15-8-10-6-11-4-2-3-5-12(11)7-10/h2-5,9-10H,6-8,14H2,1H3,(H,15,16). The molecule has 3 heteroatoms. The highest BCUT2D eigenvalue weighted by molar-refractivity contribution is 5.80. The van der Waals surface area contributed by atoms with Crippen LogP contribution in [-0.2, 0) is 17.6 Å². The van der Waals surface area contributed by atoms with Crippen LogP contribution >= 0.6 is 0 Å². The third kappa shape index (κ3) is 2.42. The van der Waals surface area contributed by atoms with E-state index in [-0.39, 0.29) is 5.91 Å². The van der Waals surface area contributed by atoms with Crippen molar-refractivity contribution in [3.63, 3.8) is 0 Å². The van der Waals surface area contributed by atoms with Crippen molar-refractivity contribution in [1.29, 1.82) is 0 Å². The van der Waals surface area contributed by atoms with E-state index < -0.39 is 6.04 Å². The Hall–Kier alpha value is -1.35. The highest BCUT2D eigenvalue weighted by Gasteiger charge is 2.21. The van der Waals surface area contributed by atoms with Crippen LogP contribution in [0.15, 0.2) is 24.3 Å². The smallest absolute Gasteiger partial charge is 0.236 e. The zero-order valence-electron chi connectivity index (χ0n) is 9.57. The predicted octanol–water partition coefficient (Wildman–Crippen LogP) is 0.865. The Balaban J connectivity index is 1.86. The highest BCUT2D eigenvalue weighted by atomic mass is 16.2. The minimum absolute atomic E-state index is 0.0593. The number of hydrogen-bond acceptors (Lipinski definition) is 2. The summed E-state index contributed by atoms with van der Waals surface area (Å²) >= 11 is 0. The van der Waals surface area contributed by atoms with Gasteiger partial charge in [-0.2, -0.15) is 0 Å². The van der Waals surface area contributed by atoms with Crippen LogP contribution in [0.3, 0.4) is 0 Å². The van der Waals surface area contributed by atoms with Crippen LogP contribution in [0.25, 0.3) is 0 Å². The van der Waals surface area contributed by atoms with Crippen molar-refractivity contribution >= 4 is 5.91 Å². The molecule has 1 aromatic rings. The normalized spacial score (nSPS) is 16.9. The maximum atomic E-state index is 11.3. The van der Waals surface area contributed by atoms with Gasteiger partial charge in [-0.3, -0.25) is 4.79 Å². The summed E-state index contributed by atoms with van der Waals surface area (Å²) in [6.45, 7) is 2.44. The van der Waals surface area contributed by atoms with E-state index in [1.54, 1.807) is 6.92 Å². The summed E-state index contributed by atoms with van der Waals surface area (Å²) in [5, 5.41) is 2.89. The lowest BCUT2D eigenvalue weighted by Crippen LogP contribution is -2.40. The van der Waals surface area contributed by atoms with Crippen molar-refractivity contribution in [2.45, 2.75) is 25.8 Å². The summed E-state index contributed by atoms with van der Waals surface area (Å²) < 4.78 is 0. The van der Waals surface area contributed by atoms with Crippen molar-refractivity contribution in [2.24, 2.45) is 11.7 Å². The zero-order valence-corrected chi connectivity index (χ0v) is 9.57. The topological polar surface area (TPSA) is 55.1 Å². The first-order valence-corrected chi connectivity index (χ1v) is 5.77. The Morgan fingerprint density at radius 3 is 2.50 bits per heavy atom. The van der Waals surface area contributed by atoms with Gasteiger partial charge in [-0.15, -0.1) is 0 Å². The largest absolute Gasteiger partial charge is 0.354 e. The number of hydrogen-bond donors (Lipinski definition) is 2. The molecule has 1 amide bonds. The molecule has 0 saturated heterocycles. The lowest BCUT2D eigenvalue weighted by molar-refractivity contribution is -0.122. The van der Waals surface area contributed by atoms with Crippen molar-refractivity contribution in [2.75, 3.05) is 6.54 Å². The summed E-state index contributed by atoms with van der Waals surface area (Å²) in [6.07, 6.45) is 2.13. The van der Waals surface area contributed by atoms with Crippen LogP contribution in [0.2, 0.25) is 0 Å².